The Bertz CT molecular complexity index is 433. The van der Waals surface area contributed by atoms with E-state index in [0.29, 0.717) is 17.0 Å². The van der Waals surface area contributed by atoms with Gasteiger partial charge in [0.1, 0.15) is 0 Å². The predicted octanol–water partition coefficient (Wildman–Crippen LogP) is 2.15. The summed E-state index contributed by atoms with van der Waals surface area (Å²) in [6, 6.07) is 5.23. The molecule has 0 fully saturated rings. The summed E-state index contributed by atoms with van der Waals surface area (Å²) in [6.45, 7) is 0. The lowest BCUT2D eigenvalue weighted by atomic mass is 10.1. The quantitative estimate of drug-likeness (QED) is 0.638. The van der Waals surface area contributed by atoms with Gasteiger partial charge in [-0.05, 0) is 12.1 Å². The molecule has 0 spiro atoms. The van der Waals surface area contributed by atoms with Crippen LogP contribution in [0.4, 0.5) is 5.69 Å². The second-order valence-electron chi connectivity index (χ2n) is 3.10. The van der Waals surface area contributed by atoms with Gasteiger partial charge in [-0.2, -0.15) is 0 Å². The number of rotatable bonds is 2. The van der Waals surface area contributed by atoms with Gasteiger partial charge in [0.05, 0.1) is 17.3 Å². The van der Waals surface area contributed by atoms with Gasteiger partial charge in [-0.25, -0.2) is 0 Å². The fourth-order valence-corrected chi connectivity index (χ4v) is 2.28. The molecule has 0 atom stereocenters. The number of halogens is 1. The molecule has 1 heterocycles. The molecule has 1 aliphatic heterocycles. The Morgan fingerprint density at radius 2 is 2.33 bits per heavy atom. The van der Waals surface area contributed by atoms with Crippen molar-refractivity contribution >= 4 is 40.7 Å². The Kier molecular flexibility index (Phi) is 2.98. The average Bonchev–Trinajstić information content (AvgIpc) is 2.27. The summed E-state index contributed by atoms with van der Waals surface area (Å²) in [4.78, 5) is 23.4. The molecule has 2 rings (SSSR count). The number of benzene rings is 1. The van der Waals surface area contributed by atoms with Gasteiger partial charge in [-0.3, -0.25) is 9.59 Å². The highest BCUT2D eigenvalue weighted by molar-refractivity contribution is 8.00. The van der Waals surface area contributed by atoms with E-state index < -0.39 is 0 Å². The molecule has 1 aromatic carbocycles. The number of ketones is 1. The number of carbonyl (C=O) groups excluding carboxylic acids is 2. The number of hydrogen-bond acceptors (Lipinski definition) is 3. The van der Waals surface area contributed by atoms with Gasteiger partial charge in [-0.15, -0.1) is 23.4 Å². The minimum Gasteiger partial charge on any atom is -0.324 e. The third-order valence-electron chi connectivity index (χ3n) is 2.06. The van der Waals surface area contributed by atoms with E-state index in [0.717, 1.165) is 4.90 Å². The number of carbonyl (C=O) groups is 2. The van der Waals surface area contributed by atoms with Crippen LogP contribution in [0.3, 0.4) is 0 Å². The Morgan fingerprint density at radius 3 is 3.07 bits per heavy atom. The van der Waals surface area contributed by atoms with E-state index in [1.807, 2.05) is 6.07 Å². The molecule has 0 aliphatic carbocycles. The summed E-state index contributed by atoms with van der Waals surface area (Å²) in [6.07, 6.45) is 0. The second-order valence-corrected chi connectivity index (χ2v) is 4.39. The number of amides is 1. The lowest BCUT2D eigenvalue weighted by Gasteiger charge is -2.16. The molecule has 0 aromatic heterocycles. The van der Waals surface area contributed by atoms with Crippen LogP contribution in [0.2, 0.25) is 0 Å². The molecule has 1 amide bonds. The van der Waals surface area contributed by atoms with Crippen molar-refractivity contribution in [3.05, 3.63) is 23.8 Å². The van der Waals surface area contributed by atoms with Crippen molar-refractivity contribution in [3.63, 3.8) is 0 Å². The van der Waals surface area contributed by atoms with Crippen molar-refractivity contribution in [2.24, 2.45) is 0 Å². The van der Waals surface area contributed by atoms with Crippen molar-refractivity contribution in [3.8, 4) is 0 Å². The fourth-order valence-electron chi connectivity index (χ4n) is 1.33. The summed E-state index contributed by atoms with van der Waals surface area (Å²) in [5.74, 6) is 0.211. The number of alkyl halides is 1. The molecule has 1 aromatic rings. The molecule has 0 bridgehead atoms. The van der Waals surface area contributed by atoms with Crippen LogP contribution < -0.4 is 5.32 Å². The average molecular weight is 242 g/mol. The normalized spacial score (nSPS) is 14.3. The van der Waals surface area contributed by atoms with Crippen molar-refractivity contribution in [2.75, 3.05) is 16.9 Å². The van der Waals surface area contributed by atoms with E-state index in [2.05, 4.69) is 5.32 Å². The molecule has 15 heavy (non-hydrogen) atoms. The van der Waals surface area contributed by atoms with Crippen LogP contribution in [-0.2, 0) is 4.79 Å². The highest BCUT2D eigenvalue weighted by Crippen LogP contribution is 2.32. The first-order valence-corrected chi connectivity index (χ1v) is 5.88. The van der Waals surface area contributed by atoms with Gasteiger partial charge in [0, 0.05) is 10.5 Å². The van der Waals surface area contributed by atoms with Gasteiger partial charge >= 0.3 is 0 Å². The second kappa shape index (κ2) is 4.24. The minimum atomic E-state index is -0.135. The zero-order valence-corrected chi connectivity index (χ0v) is 9.32. The van der Waals surface area contributed by atoms with E-state index >= 15 is 0 Å². The Morgan fingerprint density at radius 1 is 1.53 bits per heavy atom. The molecule has 0 saturated carbocycles. The van der Waals surface area contributed by atoms with Crippen LogP contribution in [-0.4, -0.2) is 23.3 Å². The van der Waals surface area contributed by atoms with Crippen LogP contribution >= 0.6 is 23.4 Å². The number of Topliss-reactive ketones (excluding diaryl/α,β-unsaturated/α-hetero) is 1. The third kappa shape index (κ3) is 2.16. The zero-order valence-electron chi connectivity index (χ0n) is 7.75. The molecular formula is C10H8ClNO2S. The van der Waals surface area contributed by atoms with Gasteiger partial charge < -0.3 is 5.32 Å². The first-order chi connectivity index (χ1) is 7.20. The maximum Gasteiger partial charge on any atom is 0.234 e. The predicted molar refractivity (Wildman–Crippen MR) is 60.8 cm³/mol. The van der Waals surface area contributed by atoms with Crippen LogP contribution in [0.15, 0.2) is 23.1 Å². The van der Waals surface area contributed by atoms with E-state index in [1.165, 1.54) is 11.8 Å². The standard InChI is InChI=1S/C10H8ClNO2S/c11-4-8(13)6-1-2-9-7(3-6)12-10(14)5-15-9/h1-3H,4-5H2,(H,12,14). The topological polar surface area (TPSA) is 46.2 Å². The number of fused-ring (bicyclic) bond motifs is 1. The Labute approximate surface area is 96.2 Å². The molecule has 0 unspecified atom stereocenters. The SMILES string of the molecule is O=C1CSc2ccc(C(=O)CCl)cc2N1. The van der Waals surface area contributed by atoms with Crippen molar-refractivity contribution < 1.29 is 9.59 Å². The first-order valence-electron chi connectivity index (χ1n) is 4.36. The fraction of sp³-hybridized carbons (Fsp3) is 0.200. The molecule has 3 nitrogen and oxygen atoms in total. The highest BCUT2D eigenvalue weighted by Gasteiger charge is 2.16. The number of nitrogens with one attached hydrogen (secondary N) is 1. The highest BCUT2D eigenvalue weighted by atomic mass is 35.5. The molecule has 78 valence electrons. The summed E-state index contributed by atoms with van der Waals surface area (Å²) < 4.78 is 0. The minimum absolute atomic E-state index is 0.0389. The number of thioether (sulfide) groups is 1. The van der Waals surface area contributed by atoms with Gasteiger partial charge in [0.15, 0.2) is 5.78 Å². The first kappa shape index (κ1) is 10.5. The largest absolute Gasteiger partial charge is 0.324 e. The van der Waals surface area contributed by atoms with Crippen LogP contribution in [0.5, 0.6) is 0 Å². The van der Waals surface area contributed by atoms with Crippen LogP contribution in [0.25, 0.3) is 0 Å². The van der Waals surface area contributed by atoms with Crippen molar-refractivity contribution in [1.29, 1.82) is 0 Å². The molecule has 0 radical (unpaired) electrons. The maximum atomic E-state index is 11.3. The lowest BCUT2D eigenvalue weighted by molar-refractivity contribution is -0.113. The van der Waals surface area contributed by atoms with E-state index in [9.17, 15) is 9.59 Å². The third-order valence-corrected chi connectivity index (χ3v) is 3.37. The number of hydrogen-bond donors (Lipinski definition) is 1. The van der Waals surface area contributed by atoms with Crippen molar-refractivity contribution in [1.82, 2.24) is 0 Å². The Hall–Kier alpha value is -1.00. The Balaban J connectivity index is 2.36. The van der Waals surface area contributed by atoms with E-state index in [-0.39, 0.29) is 17.6 Å². The summed E-state index contributed by atoms with van der Waals surface area (Å²) in [5.41, 5.74) is 1.23. The summed E-state index contributed by atoms with van der Waals surface area (Å²) in [7, 11) is 0. The molecule has 5 heteroatoms. The monoisotopic (exact) mass is 241 g/mol. The number of anilines is 1. The summed E-state index contributed by atoms with van der Waals surface area (Å²) in [5, 5.41) is 2.72. The summed E-state index contributed by atoms with van der Waals surface area (Å²) >= 11 is 6.92. The van der Waals surface area contributed by atoms with Crippen LogP contribution in [0.1, 0.15) is 10.4 Å². The van der Waals surface area contributed by atoms with E-state index in [1.54, 1.807) is 12.1 Å². The smallest absolute Gasteiger partial charge is 0.234 e. The maximum absolute atomic E-state index is 11.3. The van der Waals surface area contributed by atoms with E-state index in [4.69, 9.17) is 11.6 Å². The van der Waals surface area contributed by atoms with Gasteiger partial charge in [0.25, 0.3) is 0 Å². The molecule has 1 aliphatic rings. The molecule has 1 N–H and O–H groups in total. The van der Waals surface area contributed by atoms with Gasteiger partial charge in [0.2, 0.25) is 5.91 Å². The van der Waals surface area contributed by atoms with Gasteiger partial charge in [-0.1, -0.05) is 6.07 Å². The van der Waals surface area contributed by atoms with Crippen molar-refractivity contribution in [2.45, 2.75) is 4.90 Å². The molecular weight excluding hydrogens is 234 g/mol. The van der Waals surface area contributed by atoms with Crippen LogP contribution in [0, 0.1) is 0 Å². The zero-order chi connectivity index (χ0) is 10.8. The lowest BCUT2D eigenvalue weighted by Crippen LogP contribution is -2.19. The molecule has 0 saturated heterocycles.